The van der Waals surface area contributed by atoms with Crippen molar-refractivity contribution in [2.75, 3.05) is 18.1 Å². The van der Waals surface area contributed by atoms with Crippen LogP contribution in [0.5, 0.6) is 0 Å². The standard InChI is InChI=1S/C22H39N3O6S/c1-16(14-32-15-17(2)26)21(30)25-18(13-19(23)27)22(31)24-12-10-8-6-4-3-5-7-9-11-20(28)29/h16,18H,3-15H2,1-2H3,(H2,23,27)(H,24,31)(H,25,30)(H,28,29)/t16-,18+/m0/s1. The number of aliphatic carboxylic acids is 1. The van der Waals surface area contributed by atoms with Crippen molar-refractivity contribution in [2.45, 2.75) is 84.1 Å². The van der Waals surface area contributed by atoms with Crippen LogP contribution in [0.4, 0.5) is 0 Å². The highest BCUT2D eigenvalue weighted by Gasteiger charge is 2.25. The highest BCUT2D eigenvalue weighted by Crippen LogP contribution is 2.10. The maximum Gasteiger partial charge on any atom is 0.303 e. The van der Waals surface area contributed by atoms with Crippen molar-refractivity contribution in [3.8, 4) is 0 Å². The van der Waals surface area contributed by atoms with Gasteiger partial charge in [-0.25, -0.2) is 0 Å². The molecule has 0 saturated carbocycles. The van der Waals surface area contributed by atoms with Crippen molar-refractivity contribution in [3.63, 3.8) is 0 Å². The summed E-state index contributed by atoms with van der Waals surface area (Å²) in [6.07, 6.45) is 7.57. The molecule has 0 rings (SSSR count). The predicted octanol–water partition coefficient (Wildman–Crippen LogP) is 2.02. The number of primary amides is 1. The first-order chi connectivity index (χ1) is 15.1. The summed E-state index contributed by atoms with van der Waals surface area (Å²) in [6, 6.07) is -1.01. The number of amides is 3. The maximum atomic E-state index is 12.4. The lowest BCUT2D eigenvalue weighted by atomic mass is 10.1. The molecule has 0 aliphatic heterocycles. The summed E-state index contributed by atoms with van der Waals surface area (Å²) in [5.41, 5.74) is 5.22. The Bertz CT molecular complexity index is 614. The highest BCUT2D eigenvalue weighted by molar-refractivity contribution is 7.99. The molecule has 0 aliphatic rings. The monoisotopic (exact) mass is 473 g/mol. The summed E-state index contributed by atoms with van der Waals surface area (Å²) in [6.45, 7) is 3.64. The number of unbranched alkanes of at least 4 members (excludes halogenated alkanes) is 7. The third-order valence-electron chi connectivity index (χ3n) is 4.78. The maximum absolute atomic E-state index is 12.4. The smallest absolute Gasteiger partial charge is 0.303 e. The molecule has 0 bridgehead atoms. The van der Waals surface area contributed by atoms with E-state index in [0.717, 1.165) is 51.4 Å². The third-order valence-corrected chi connectivity index (χ3v) is 6.12. The molecule has 0 aliphatic carbocycles. The molecular formula is C22H39N3O6S. The van der Waals surface area contributed by atoms with Gasteiger partial charge >= 0.3 is 5.97 Å². The van der Waals surface area contributed by atoms with E-state index in [-0.39, 0.29) is 24.5 Å². The molecule has 2 atom stereocenters. The normalized spacial score (nSPS) is 12.6. The van der Waals surface area contributed by atoms with Gasteiger partial charge in [0.25, 0.3) is 0 Å². The minimum absolute atomic E-state index is 0.0318. The van der Waals surface area contributed by atoms with E-state index in [1.165, 1.54) is 18.7 Å². The first kappa shape index (κ1) is 29.9. The van der Waals surface area contributed by atoms with Gasteiger partial charge in [0.05, 0.1) is 12.2 Å². The number of nitrogens with two attached hydrogens (primary N) is 1. The number of rotatable bonds is 20. The quantitative estimate of drug-likeness (QED) is 0.197. The van der Waals surface area contributed by atoms with Crippen LogP contribution in [0.25, 0.3) is 0 Å². The van der Waals surface area contributed by atoms with E-state index in [0.29, 0.717) is 18.1 Å². The van der Waals surface area contributed by atoms with Gasteiger partial charge in [0.15, 0.2) is 0 Å². The van der Waals surface area contributed by atoms with Crippen molar-refractivity contribution in [1.82, 2.24) is 10.6 Å². The summed E-state index contributed by atoms with van der Waals surface area (Å²) in [5.74, 6) is -1.82. The molecule has 32 heavy (non-hydrogen) atoms. The summed E-state index contributed by atoms with van der Waals surface area (Å²) in [5, 5.41) is 13.9. The van der Waals surface area contributed by atoms with Crippen molar-refractivity contribution in [2.24, 2.45) is 11.7 Å². The van der Waals surface area contributed by atoms with E-state index < -0.39 is 29.7 Å². The largest absolute Gasteiger partial charge is 0.481 e. The fraction of sp³-hybridized carbons (Fsp3) is 0.773. The molecule has 0 fully saturated rings. The van der Waals surface area contributed by atoms with Gasteiger partial charge in [-0.15, -0.1) is 0 Å². The number of carboxylic acid groups (broad SMARTS) is 1. The van der Waals surface area contributed by atoms with E-state index in [1.54, 1.807) is 6.92 Å². The Morgan fingerprint density at radius 2 is 1.47 bits per heavy atom. The zero-order valence-corrected chi connectivity index (χ0v) is 20.1. The summed E-state index contributed by atoms with van der Waals surface area (Å²) >= 11 is 1.35. The van der Waals surface area contributed by atoms with Crippen molar-refractivity contribution in [3.05, 3.63) is 0 Å². The summed E-state index contributed by atoms with van der Waals surface area (Å²) in [4.78, 5) is 57.5. The van der Waals surface area contributed by atoms with Crippen molar-refractivity contribution in [1.29, 1.82) is 0 Å². The van der Waals surface area contributed by atoms with Crippen LogP contribution in [0.3, 0.4) is 0 Å². The van der Waals surface area contributed by atoms with Gasteiger partial charge in [-0.2, -0.15) is 11.8 Å². The van der Waals surface area contributed by atoms with Gasteiger partial charge in [-0.1, -0.05) is 45.4 Å². The van der Waals surface area contributed by atoms with Crippen LogP contribution in [0, 0.1) is 5.92 Å². The fourth-order valence-electron chi connectivity index (χ4n) is 2.98. The van der Waals surface area contributed by atoms with Gasteiger partial charge in [0.2, 0.25) is 17.7 Å². The molecule has 9 nitrogen and oxygen atoms in total. The number of ketones is 1. The number of carboxylic acids is 1. The Hall–Kier alpha value is -2.10. The topological polar surface area (TPSA) is 156 Å². The number of carbonyl (C=O) groups is 5. The van der Waals surface area contributed by atoms with Crippen LogP contribution in [0.2, 0.25) is 0 Å². The zero-order chi connectivity index (χ0) is 24.4. The van der Waals surface area contributed by atoms with Gasteiger partial charge in [-0.05, 0) is 19.8 Å². The number of thioether (sulfide) groups is 1. The molecule has 0 aromatic rings. The Morgan fingerprint density at radius 1 is 0.906 bits per heavy atom. The average Bonchev–Trinajstić information content (AvgIpc) is 2.70. The molecule has 10 heteroatoms. The van der Waals surface area contributed by atoms with E-state index in [2.05, 4.69) is 10.6 Å². The Balaban J connectivity index is 4.10. The molecule has 0 heterocycles. The second-order valence-electron chi connectivity index (χ2n) is 8.11. The molecule has 0 saturated heterocycles. The number of hydrogen-bond acceptors (Lipinski definition) is 6. The second kappa shape index (κ2) is 18.5. The molecule has 184 valence electrons. The lowest BCUT2D eigenvalue weighted by Gasteiger charge is -2.19. The molecule has 0 radical (unpaired) electrons. The lowest BCUT2D eigenvalue weighted by molar-refractivity contribution is -0.137. The first-order valence-electron chi connectivity index (χ1n) is 11.3. The fourth-order valence-corrected chi connectivity index (χ4v) is 3.89. The molecule has 0 spiro atoms. The molecule has 0 aromatic carbocycles. The van der Waals surface area contributed by atoms with Crippen LogP contribution in [0.1, 0.15) is 78.1 Å². The van der Waals surface area contributed by atoms with Gasteiger partial charge in [-0.3, -0.25) is 24.0 Å². The van der Waals surface area contributed by atoms with E-state index in [9.17, 15) is 24.0 Å². The number of Topliss-reactive ketones (excluding diaryl/α,β-unsaturated/α-hetero) is 1. The first-order valence-corrected chi connectivity index (χ1v) is 12.4. The van der Waals surface area contributed by atoms with Crippen LogP contribution < -0.4 is 16.4 Å². The van der Waals surface area contributed by atoms with Gasteiger partial charge < -0.3 is 21.5 Å². The third kappa shape index (κ3) is 17.6. The summed E-state index contributed by atoms with van der Waals surface area (Å²) in [7, 11) is 0. The summed E-state index contributed by atoms with van der Waals surface area (Å²) < 4.78 is 0. The van der Waals surface area contributed by atoms with E-state index in [4.69, 9.17) is 10.8 Å². The molecular weight excluding hydrogens is 434 g/mol. The minimum atomic E-state index is -1.01. The zero-order valence-electron chi connectivity index (χ0n) is 19.3. The second-order valence-corrected chi connectivity index (χ2v) is 9.14. The molecule has 5 N–H and O–H groups in total. The molecule has 3 amide bonds. The Labute approximate surface area is 195 Å². The van der Waals surface area contributed by atoms with Crippen molar-refractivity contribution >= 4 is 41.2 Å². The SMILES string of the molecule is CC(=O)CSC[C@H](C)C(=O)N[C@H](CC(N)=O)C(=O)NCCCCCCCCCCC(=O)O. The van der Waals surface area contributed by atoms with Gasteiger partial charge in [0, 0.05) is 24.6 Å². The number of carbonyl (C=O) groups excluding carboxylic acids is 4. The van der Waals surface area contributed by atoms with Gasteiger partial charge in [0.1, 0.15) is 11.8 Å². The Morgan fingerprint density at radius 3 is 2.00 bits per heavy atom. The average molecular weight is 474 g/mol. The van der Waals surface area contributed by atoms with Crippen LogP contribution >= 0.6 is 11.8 Å². The molecule has 0 aromatic heterocycles. The highest BCUT2D eigenvalue weighted by atomic mass is 32.2. The number of nitrogens with one attached hydrogen (secondary N) is 2. The van der Waals surface area contributed by atoms with E-state index >= 15 is 0 Å². The van der Waals surface area contributed by atoms with Crippen LogP contribution in [-0.2, 0) is 24.0 Å². The van der Waals surface area contributed by atoms with Crippen LogP contribution in [0.15, 0.2) is 0 Å². The molecule has 0 unspecified atom stereocenters. The Kier molecular flexibility index (Phi) is 17.3. The number of hydrogen-bond donors (Lipinski definition) is 4. The van der Waals surface area contributed by atoms with E-state index in [1.807, 2.05) is 0 Å². The lowest BCUT2D eigenvalue weighted by Crippen LogP contribution is -2.50. The predicted molar refractivity (Wildman–Crippen MR) is 125 cm³/mol. The van der Waals surface area contributed by atoms with Crippen molar-refractivity contribution < 1.29 is 29.1 Å². The van der Waals surface area contributed by atoms with Crippen LogP contribution in [-0.4, -0.2) is 58.7 Å². The minimum Gasteiger partial charge on any atom is -0.481 e.